The Morgan fingerprint density at radius 3 is 2.30 bits per heavy atom. The van der Waals surface area contributed by atoms with E-state index >= 15 is 0 Å². The van der Waals surface area contributed by atoms with Crippen LogP contribution in [-0.4, -0.2) is 30.8 Å². The van der Waals surface area contributed by atoms with Crippen LogP contribution in [0.4, 0.5) is 0 Å². The predicted octanol–water partition coefficient (Wildman–Crippen LogP) is 3.28. The molecule has 1 amide bonds. The van der Waals surface area contributed by atoms with Crippen molar-refractivity contribution >= 4 is 11.6 Å². The Kier molecular flexibility index (Phi) is 5.79. The second-order valence-corrected chi connectivity index (χ2v) is 5.58. The van der Waals surface area contributed by atoms with Crippen molar-refractivity contribution in [1.29, 1.82) is 0 Å². The summed E-state index contributed by atoms with van der Waals surface area (Å²) in [5.41, 5.74) is 5.32. The van der Waals surface area contributed by atoms with E-state index in [0.29, 0.717) is 22.8 Å². The van der Waals surface area contributed by atoms with Crippen LogP contribution in [-0.2, 0) is 0 Å². The van der Waals surface area contributed by atoms with Crippen molar-refractivity contribution in [3.05, 3.63) is 89.7 Å². The summed E-state index contributed by atoms with van der Waals surface area (Å²) < 4.78 is 10.4. The summed E-state index contributed by atoms with van der Waals surface area (Å²) in [4.78, 5) is 16.7. The number of hydrogen-bond donors (Lipinski definition) is 1. The van der Waals surface area contributed by atoms with Gasteiger partial charge in [0.2, 0.25) is 0 Å². The average molecular weight is 361 g/mol. The number of carbonyl (C=O) groups excluding carboxylic acids is 1. The van der Waals surface area contributed by atoms with Gasteiger partial charge in [0.1, 0.15) is 0 Å². The van der Waals surface area contributed by atoms with E-state index in [-0.39, 0.29) is 5.91 Å². The first kappa shape index (κ1) is 18.1. The summed E-state index contributed by atoms with van der Waals surface area (Å²) in [5.74, 6) is 0.677. The first-order chi connectivity index (χ1) is 13.2. The van der Waals surface area contributed by atoms with Crippen LogP contribution < -0.4 is 14.9 Å². The molecule has 0 atom stereocenters. The maximum atomic E-state index is 12.5. The fourth-order valence-electron chi connectivity index (χ4n) is 2.54. The molecule has 0 aliphatic rings. The van der Waals surface area contributed by atoms with Crippen molar-refractivity contribution in [2.24, 2.45) is 5.10 Å². The van der Waals surface area contributed by atoms with E-state index in [1.165, 1.54) is 7.11 Å². The zero-order valence-corrected chi connectivity index (χ0v) is 15.0. The predicted molar refractivity (Wildman–Crippen MR) is 103 cm³/mol. The lowest BCUT2D eigenvalue weighted by molar-refractivity contribution is 0.0954. The van der Waals surface area contributed by atoms with Crippen molar-refractivity contribution in [3.8, 4) is 11.5 Å². The zero-order chi connectivity index (χ0) is 19.1. The SMILES string of the molecule is COc1ccc(C(=O)NN=C(c2ccccc2)c2cccnc2)cc1OC. The topological polar surface area (TPSA) is 72.8 Å². The molecule has 0 aliphatic heterocycles. The van der Waals surface area contributed by atoms with Gasteiger partial charge in [0.15, 0.2) is 11.5 Å². The van der Waals surface area contributed by atoms with Gasteiger partial charge in [-0.1, -0.05) is 30.3 Å². The van der Waals surface area contributed by atoms with Crippen LogP contribution in [0.5, 0.6) is 11.5 Å². The second-order valence-electron chi connectivity index (χ2n) is 5.58. The Labute approximate surface area is 157 Å². The van der Waals surface area contributed by atoms with Crippen LogP contribution in [0.15, 0.2) is 78.2 Å². The molecule has 0 radical (unpaired) electrons. The summed E-state index contributed by atoms with van der Waals surface area (Å²) in [6.07, 6.45) is 3.39. The molecule has 136 valence electrons. The zero-order valence-electron chi connectivity index (χ0n) is 15.0. The van der Waals surface area contributed by atoms with E-state index in [4.69, 9.17) is 9.47 Å². The van der Waals surface area contributed by atoms with Gasteiger partial charge in [0.05, 0.1) is 19.9 Å². The summed E-state index contributed by atoms with van der Waals surface area (Å²) in [5, 5.41) is 4.34. The number of ether oxygens (including phenoxy) is 2. The van der Waals surface area contributed by atoms with Crippen LogP contribution in [0, 0.1) is 0 Å². The highest BCUT2D eigenvalue weighted by Gasteiger charge is 2.12. The minimum absolute atomic E-state index is 0.353. The molecular formula is C21H19N3O3. The number of aromatic nitrogens is 1. The number of benzene rings is 2. The van der Waals surface area contributed by atoms with Gasteiger partial charge in [-0.25, -0.2) is 5.43 Å². The molecule has 1 heterocycles. The molecule has 1 aromatic heterocycles. The third-order valence-corrected chi connectivity index (χ3v) is 3.90. The summed E-state index contributed by atoms with van der Waals surface area (Å²) >= 11 is 0. The van der Waals surface area contributed by atoms with Crippen LogP contribution in [0.2, 0.25) is 0 Å². The number of hydrazone groups is 1. The van der Waals surface area contributed by atoms with Crippen LogP contribution >= 0.6 is 0 Å². The van der Waals surface area contributed by atoms with Gasteiger partial charge in [-0.2, -0.15) is 5.10 Å². The Balaban J connectivity index is 1.90. The number of amides is 1. The minimum atomic E-state index is -0.353. The first-order valence-electron chi connectivity index (χ1n) is 8.29. The molecule has 27 heavy (non-hydrogen) atoms. The molecule has 1 N–H and O–H groups in total. The molecule has 0 aliphatic carbocycles. The van der Waals surface area contributed by atoms with Crippen molar-refractivity contribution in [2.45, 2.75) is 0 Å². The van der Waals surface area contributed by atoms with E-state index < -0.39 is 0 Å². The highest BCUT2D eigenvalue weighted by atomic mass is 16.5. The smallest absolute Gasteiger partial charge is 0.271 e. The van der Waals surface area contributed by atoms with Crippen LogP contribution in [0.25, 0.3) is 0 Å². The van der Waals surface area contributed by atoms with E-state index in [1.54, 1.807) is 37.7 Å². The second kappa shape index (κ2) is 8.62. The normalized spacial score (nSPS) is 11.0. The van der Waals surface area contributed by atoms with Gasteiger partial charge < -0.3 is 9.47 Å². The molecule has 0 fully saturated rings. The molecular weight excluding hydrogens is 342 g/mol. The quantitative estimate of drug-likeness (QED) is 0.540. The summed E-state index contributed by atoms with van der Waals surface area (Å²) in [7, 11) is 3.07. The molecule has 0 saturated heterocycles. The third-order valence-electron chi connectivity index (χ3n) is 3.90. The number of methoxy groups -OCH3 is 2. The highest BCUT2D eigenvalue weighted by molar-refractivity contribution is 6.13. The van der Waals surface area contributed by atoms with Crippen molar-refractivity contribution in [3.63, 3.8) is 0 Å². The number of pyridine rings is 1. The van der Waals surface area contributed by atoms with E-state index in [1.807, 2.05) is 42.5 Å². The lowest BCUT2D eigenvalue weighted by Crippen LogP contribution is -2.20. The minimum Gasteiger partial charge on any atom is -0.493 e. The standard InChI is InChI=1S/C21H19N3O3/c1-26-18-11-10-16(13-19(18)27-2)21(25)24-23-20(15-7-4-3-5-8-15)17-9-6-12-22-14-17/h3-14H,1-2H3,(H,24,25). The van der Waals surface area contributed by atoms with Crippen molar-refractivity contribution in [1.82, 2.24) is 10.4 Å². The Hall–Kier alpha value is -3.67. The van der Waals surface area contributed by atoms with Crippen molar-refractivity contribution in [2.75, 3.05) is 14.2 Å². The molecule has 0 saturated carbocycles. The van der Waals surface area contributed by atoms with Gasteiger partial charge in [0, 0.05) is 29.1 Å². The van der Waals surface area contributed by atoms with Gasteiger partial charge in [0.25, 0.3) is 5.91 Å². The monoisotopic (exact) mass is 361 g/mol. The Bertz CT molecular complexity index is 900. The number of rotatable bonds is 6. The molecule has 0 bridgehead atoms. The van der Waals surface area contributed by atoms with E-state index in [9.17, 15) is 4.79 Å². The maximum absolute atomic E-state index is 12.5. The fourth-order valence-corrected chi connectivity index (χ4v) is 2.54. The van der Waals surface area contributed by atoms with Gasteiger partial charge in [-0.15, -0.1) is 0 Å². The maximum Gasteiger partial charge on any atom is 0.271 e. The van der Waals surface area contributed by atoms with Crippen LogP contribution in [0.1, 0.15) is 21.5 Å². The molecule has 6 nitrogen and oxygen atoms in total. The Morgan fingerprint density at radius 2 is 1.63 bits per heavy atom. The van der Waals surface area contributed by atoms with Crippen LogP contribution in [0.3, 0.4) is 0 Å². The van der Waals surface area contributed by atoms with Gasteiger partial charge in [-0.3, -0.25) is 9.78 Å². The molecule has 2 aromatic carbocycles. The largest absolute Gasteiger partial charge is 0.493 e. The fraction of sp³-hybridized carbons (Fsp3) is 0.0952. The molecule has 0 spiro atoms. The molecule has 0 unspecified atom stereocenters. The number of nitrogens with zero attached hydrogens (tertiary/aromatic N) is 2. The highest BCUT2D eigenvalue weighted by Crippen LogP contribution is 2.27. The molecule has 3 rings (SSSR count). The molecule has 3 aromatic rings. The summed E-state index contributed by atoms with van der Waals surface area (Å²) in [6.45, 7) is 0. The average Bonchev–Trinajstić information content (AvgIpc) is 2.74. The lowest BCUT2D eigenvalue weighted by atomic mass is 10.0. The van der Waals surface area contributed by atoms with Crippen molar-refractivity contribution < 1.29 is 14.3 Å². The van der Waals surface area contributed by atoms with E-state index in [2.05, 4.69) is 15.5 Å². The number of carbonyl (C=O) groups is 1. The summed E-state index contributed by atoms with van der Waals surface area (Å²) in [6, 6.07) is 18.3. The third kappa shape index (κ3) is 4.30. The first-order valence-corrected chi connectivity index (χ1v) is 8.29. The van der Waals surface area contributed by atoms with Gasteiger partial charge in [-0.05, 0) is 30.3 Å². The molecule has 6 heteroatoms. The van der Waals surface area contributed by atoms with E-state index in [0.717, 1.165) is 11.1 Å². The number of nitrogens with one attached hydrogen (secondary N) is 1. The Morgan fingerprint density at radius 1 is 0.889 bits per heavy atom. The van der Waals surface area contributed by atoms with Gasteiger partial charge >= 0.3 is 0 Å². The number of hydrogen-bond acceptors (Lipinski definition) is 5. The lowest BCUT2D eigenvalue weighted by Gasteiger charge is -2.10.